The predicted molar refractivity (Wildman–Crippen MR) is 202 cm³/mol. The molecule has 45 heavy (non-hydrogen) atoms. The highest BCUT2D eigenvalue weighted by molar-refractivity contribution is 8.93. The Kier molecular flexibility index (Phi) is 18.4. The lowest BCUT2D eigenvalue weighted by Gasteiger charge is -2.25. The number of halogens is 1. The molecule has 0 aliphatic carbocycles. The van der Waals surface area contributed by atoms with Crippen molar-refractivity contribution in [2.45, 2.75) is 137 Å². The van der Waals surface area contributed by atoms with Crippen molar-refractivity contribution in [2.75, 3.05) is 23.9 Å². The van der Waals surface area contributed by atoms with Gasteiger partial charge in [-0.15, -0.1) is 28.7 Å². The first-order valence-corrected chi connectivity index (χ1v) is 18.3. The van der Waals surface area contributed by atoms with Gasteiger partial charge in [-0.05, 0) is 65.0 Å². The topological polar surface area (TPSA) is 32.8 Å². The number of thioether (sulfide) groups is 1. The Balaban J connectivity index is 0.00000705. The first-order valence-electron chi connectivity index (χ1n) is 17.4. The van der Waals surface area contributed by atoms with Gasteiger partial charge in [-0.2, -0.15) is 0 Å². The molecule has 0 fully saturated rings. The summed E-state index contributed by atoms with van der Waals surface area (Å²) in [6.45, 7) is 15.2. The molecule has 2 aromatic rings. The summed E-state index contributed by atoms with van der Waals surface area (Å²) in [6.07, 6.45) is 19.2. The first-order chi connectivity index (χ1) is 21.2. The molecule has 1 aliphatic heterocycles. The quantitative estimate of drug-likeness (QED) is 0.129. The molecule has 2 aromatic carbocycles. The fourth-order valence-corrected chi connectivity index (χ4v) is 6.70. The molecular formula is C39H61BrN2O2S. The van der Waals surface area contributed by atoms with Crippen molar-refractivity contribution in [2.24, 2.45) is 0 Å². The molecule has 1 aliphatic rings. The molecule has 0 radical (unpaired) electrons. The van der Waals surface area contributed by atoms with E-state index in [1.54, 1.807) is 6.92 Å². The van der Waals surface area contributed by atoms with Crippen LogP contribution in [0, 0.1) is 0 Å². The van der Waals surface area contributed by atoms with Crippen LogP contribution in [-0.2, 0) is 23.2 Å². The van der Waals surface area contributed by atoms with Crippen molar-refractivity contribution in [3.05, 3.63) is 70.3 Å². The summed E-state index contributed by atoms with van der Waals surface area (Å²) in [5.74, 6) is 2.07. The average molecular weight is 702 g/mol. The Bertz CT molecular complexity index is 1180. The van der Waals surface area contributed by atoms with Crippen LogP contribution < -0.4 is 9.64 Å². The average Bonchev–Trinajstić information content (AvgIpc) is 3.39. The summed E-state index contributed by atoms with van der Waals surface area (Å²) >= 11 is 1.87. The fourth-order valence-electron chi connectivity index (χ4n) is 5.94. The summed E-state index contributed by atoms with van der Waals surface area (Å²) in [7, 11) is 0. The molecule has 6 heteroatoms. The van der Waals surface area contributed by atoms with Gasteiger partial charge in [0.05, 0.1) is 12.5 Å². The Morgan fingerprint density at radius 3 is 2.11 bits per heavy atom. The number of carbonyl (C=O) groups is 1. The van der Waals surface area contributed by atoms with Crippen molar-refractivity contribution in [1.29, 1.82) is 0 Å². The number of unbranched alkanes of at least 4 members (excludes halogenated alkanes) is 11. The van der Waals surface area contributed by atoms with Crippen molar-refractivity contribution < 1.29 is 9.53 Å². The van der Waals surface area contributed by atoms with Crippen LogP contribution >= 0.6 is 28.7 Å². The lowest BCUT2D eigenvalue weighted by Crippen LogP contribution is -2.31. The molecule has 1 heterocycles. The largest absolute Gasteiger partial charge is 0.493 e. The molecule has 0 saturated carbocycles. The molecule has 0 bridgehead atoms. The lowest BCUT2D eigenvalue weighted by molar-refractivity contribution is -0.116. The van der Waals surface area contributed by atoms with E-state index in [4.69, 9.17) is 4.74 Å². The standard InChI is InChI=1S/C39H60N2O2S.BrH/c1-7-8-9-10-11-12-13-14-15-16-17-18-26-43-38-23-22-34(28-37(38)39(4,5)6)24-25-41(33(3)42)36-21-19-20-35(27-36)30-40-29-32(2)44-31-40;/h19-23,27-29H,7-18,24-26,30-31H2,1-6H3;1H. The van der Waals surface area contributed by atoms with E-state index in [9.17, 15) is 4.79 Å². The Morgan fingerprint density at radius 2 is 1.53 bits per heavy atom. The Labute approximate surface area is 290 Å². The minimum Gasteiger partial charge on any atom is -0.493 e. The highest BCUT2D eigenvalue weighted by atomic mass is 79.9. The molecule has 0 saturated heterocycles. The molecule has 252 valence electrons. The minimum absolute atomic E-state index is 0. The number of hydrogen-bond donors (Lipinski definition) is 0. The van der Waals surface area contributed by atoms with Crippen molar-refractivity contribution in [1.82, 2.24) is 4.90 Å². The maximum absolute atomic E-state index is 12.7. The van der Waals surface area contributed by atoms with E-state index in [0.717, 1.165) is 43.3 Å². The van der Waals surface area contributed by atoms with Gasteiger partial charge in [0.2, 0.25) is 5.91 Å². The summed E-state index contributed by atoms with van der Waals surface area (Å²) in [4.78, 5) is 18.3. The van der Waals surface area contributed by atoms with Crippen LogP contribution in [0.2, 0.25) is 0 Å². The van der Waals surface area contributed by atoms with E-state index in [1.807, 2.05) is 16.7 Å². The van der Waals surface area contributed by atoms with E-state index in [-0.39, 0.29) is 28.3 Å². The second-order valence-electron chi connectivity index (χ2n) is 13.7. The highest BCUT2D eigenvalue weighted by Crippen LogP contribution is 2.33. The normalized spacial score (nSPS) is 13.0. The van der Waals surface area contributed by atoms with E-state index in [0.29, 0.717) is 6.54 Å². The van der Waals surface area contributed by atoms with Crippen LogP contribution in [-0.4, -0.2) is 29.8 Å². The minimum atomic E-state index is -0.0167. The van der Waals surface area contributed by atoms with Crippen molar-refractivity contribution >= 4 is 40.3 Å². The number of anilines is 1. The second kappa shape index (κ2) is 21.1. The third-order valence-corrected chi connectivity index (χ3v) is 9.56. The van der Waals surface area contributed by atoms with Crippen LogP contribution in [0.25, 0.3) is 0 Å². The van der Waals surface area contributed by atoms with Gasteiger partial charge in [0, 0.05) is 31.9 Å². The molecule has 0 N–H and O–H groups in total. The molecule has 0 spiro atoms. The number of allylic oxidation sites excluding steroid dienone is 1. The summed E-state index contributed by atoms with van der Waals surface area (Å²) in [5.41, 5.74) is 4.67. The molecular weight excluding hydrogens is 640 g/mol. The number of nitrogens with zero attached hydrogens (tertiary/aromatic N) is 2. The van der Waals surface area contributed by atoms with Crippen LogP contribution in [0.4, 0.5) is 5.69 Å². The van der Waals surface area contributed by atoms with Gasteiger partial charge in [0.25, 0.3) is 0 Å². The predicted octanol–water partition coefficient (Wildman–Crippen LogP) is 11.6. The zero-order valence-corrected chi connectivity index (χ0v) is 31.7. The molecule has 4 nitrogen and oxygen atoms in total. The van der Waals surface area contributed by atoms with Gasteiger partial charge in [-0.3, -0.25) is 4.79 Å². The lowest BCUT2D eigenvalue weighted by atomic mass is 9.85. The SMILES string of the molecule is Br.CCCCCCCCCCCCCCOc1ccc(CCN(C(C)=O)c2cccc(CN3C=C(C)SC3)c2)cc1C(C)(C)C. The maximum Gasteiger partial charge on any atom is 0.223 e. The third-order valence-electron chi connectivity index (χ3n) is 8.54. The van der Waals surface area contributed by atoms with Crippen LogP contribution in [0.15, 0.2) is 53.6 Å². The number of hydrogen-bond acceptors (Lipinski definition) is 4. The zero-order valence-electron chi connectivity index (χ0n) is 29.2. The van der Waals surface area contributed by atoms with Crippen molar-refractivity contribution in [3.63, 3.8) is 0 Å². The fraction of sp³-hybridized carbons (Fsp3) is 0.615. The van der Waals surface area contributed by atoms with E-state index >= 15 is 0 Å². The molecule has 0 atom stereocenters. The van der Waals surface area contributed by atoms with Gasteiger partial charge in [0.15, 0.2) is 0 Å². The smallest absolute Gasteiger partial charge is 0.223 e. The van der Waals surface area contributed by atoms with E-state index in [1.165, 1.54) is 92.2 Å². The molecule has 3 rings (SSSR count). The van der Waals surface area contributed by atoms with Gasteiger partial charge in [-0.25, -0.2) is 0 Å². The second-order valence-corrected chi connectivity index (χ2v) is 14.9. The zero-order chi connectivity index (χ0) is 31.8. The van der Waals surface area contributed by atoms with Gasteiger partial charge < -0.3 is 14.5 Å². The van der Waals surface area contributed by atoms with Crippen LogP contribution in [0.5, 0.6) is 5.75 Å². The molecule has 1 amide bonds. The van der Waals surface area contributed by atoms with E-state index in [2.05, 4.69) is 88.2 Å². The molecule has 0 aromatic heterocycles. The monoisotopic (exact) mass is 700 g/mol. The van der Waals surface area contributed by atoms with Crippen LogP contribution in [0.3, 0.4) is 0 Å². The Morgan fingerprint density at radius 1 is 0.889 bits per heavy atom. The highest BCUT2D eigenvalue weighted by Gasteiger charge is 2.21. The summed E-state index contributed by atoms with van der Waals surface area (Å²) in [6, 6.07) is 15.1. The van der Waals surface area contributed by atoms with Gasteiger partial charge in [-0.1, -0.05) is 123 Å². The number of rotatable bonds is 20. The number of amides is 1. The maximum atomic E-state index is 12.7. The number of carbonyl (C=O) groups excluding carboxylic acids is 1. The Hall–Kier alpha value is -1.92. The number of benzene rings is 2. The van der Waals surface area contributed by atoms with Crippen LogP contribution in [0.1, 0.15) is 135 Å². The van der Waals surface area contributed by atoms with Gasteiger partial charge in [0.1, 0.15) is 5.75 Å². The summed E-state index contributed by atoms with van der Waals surface area (Å²) in [5, 5.41) is 0. The summed E-state index contributed by atoms with van der Waals surface area (Å²) < 4.78 is 6.34. The van der Waals surface area contributed by atoms with E-state index < -0.39 is 0 Å². The molecule has 0 unspecified atom stereocenters. The number of ether oxygens (including phenoxy) is 1. The van der Waals surface area contributed by atoms with Crippen molar-refractivity contribution in [3.8, 4) is 5.75 Å². The first kappa shape index (κ1) is 39.3. The van der Waals surface area contributed by atoms with Gasteiger partial charge >= 0.3 is 0 Å². The third kappa shape index (κ3) is 14.6.